The number of fused-ring (bicyclic) bond motifs is 1. The maximum atomic E-state index is 12.3. The van der Waals surface area contributed by atoms with E-state index in [1.807, 2.05) is 61.5 Å². The van der Waals surface area contributed by atoms with E-state index in [-0.39, 0.29) is 18.3 Å². The van der Waals surface area contributed by atoms with Crippen molar-refractivity contribution in [3.8, 4) is 10.6 Å². The molecule has 0 aliphatic heterocycles. The number of rotatable bonds is 7. The van der Waals surface area contributed by atoms with Gasteiger partial charge in [0.15, 0.2) is 12.3 Å². The van der Waals surface area contributed by atoms with Crippen molar-refractivity contribution in [2.75, 3.05) is 6.61 Å². The second-order valence-corrected chi connectivity index (χ2v) is 8.00. The highest BCUT2D eigenvalue weighted by Gasteiger charge is 2.18. The molecule has 4 aromatic rings. The van der Waals surface area contributed by atoms with E-state index in [1.165, 1.54) is 16.9 Å². The van der Waals surface area contributed by atoms with Gasteiger partial charge < -0.3 is 14.5 Å². The lowest BCUT2D eigenvalue weighted by Crippen LogP contribution is -2.31. The molecule has 31 heavy (non-hydrogen) atoms. The summed E-state index contributed by atoms with van der Waals surface area (Å²) in [6, 6.07) is 17.2. The normalized spacial score (nSPS) is 11.9. The zero-order valence-electron chi connectivity index (χ0n) is 17.3. The molecule has 1 N–H and O–H groups in total. The number of aromatic nitrogens is 1. The molecule has 1 atom stereocenters. The summed E-state index contributed by atoms with van der Waals surface area (Å²) in [6.07, 6.45) is 0.965. The van der Waals surface area contributed by atoms with E-state index in [4.69, 9.17) is 9.15 Å². The average molecular weight is 435 g/mol. The number of hydrogen-bond donors (Lipinski definition) is 1. The molecule has 0 bridgehead atoms. The molecular formula is C24H22N2O4S. The molecule has 4 rings (SSSR count). The van der Waals surface area contributed by atoms with Crippen molar-refractivity contribution in [3.63, 3.8) is 0 Å². The number of carbonyl (C=O) groups excluding carboxylic acids is 2. The summed E-state index contributed by atoms with van der Waals surface area (Å²) in [4.78, 5) is 28.9. The van der Waals surface area contributed by atoms with E-state index >= 15 is 0 Å². The monoisotopic (exact) mass is 434 g/mol. The lowest BCUT2D eigenvalue weighted by Gasteiger charge is -2.11. The topological polar surface area (TPSA) is 81.4 Å². The van der Waals surface area contributed by atoms with Crippen molar-refractivity contribution in [1.29, 1.82) is 0 Å². The van der Waals surface area contributed by atoms with Gasteiger partial charge in [-0.05, 0) is 31.0 Å². The third-order valence-electron chi connectivity index (χ3n) is 4.91. The number of ether oxygens (including phenoxy) is 1. The van der Waals surface area contributed by atoms with Gasteiger partial charge in [-0.1, -0.05) is 49.4 Å². The molecule has 1 amide bonds. The molecule has 0 aliphatic rings. The number of para-hydroxylation sites is 1. The Kier molecular flexibility index (Phi) is 6.13. The zero-order valence-corrected chi connectivity index (χ0v) is 18.1. The Labute approximate surface area is 183 Å². The summed E-state index contributed by atoms with van der Waals surface area (Å²) in [6.45, 7) is 3.52. The summed E-state index contributed by atoms with van der Waals surface area (Å²) in [7, 11) is 0. The number of hydrogen-bond acceptors (Lipinski definition) is 6. The average Bonchev–Trinajstić information content (AvgIpc) is 3.45. The Morgan fingerprint density at radius 1 is 1.16 bits per heavy atom. The molecule has 158 valence electrons. The Balaban J connectivity index is 1.31. The van der Waals surface area contributed by atoms with Crippen LogP contribution in [0.4, 0.5) is 0 Å². The van der Waals surface area contributed by atoms with Crippen molar-refractivity contribution in [1.82, 2.24) is 10.3 Å². The van der Waals surface area contributed by atoms with Crippen LogP contribution in [0.25, 0.3) is 21.5 Å². The minimum Gasteiger partial charge on any atom is -0.459 e. The smallest absolute Gasteiger partial charge is 0.358 e. The van der Waals surface area contributed by atoms with Crippen molar-refractivity contribution in [3.05, 3.63) is 77.0 Å². The van der Waals surface area contributed by atoms with Gasteiger partial charge in [0.05, 0.1) is 6.04 Å². The van der Waals surface area contributed by atoms with E-state index < -0.39 is 11.9 Å². The van der Waals surface area contributed by atoms with Crippen LogP contribution in [0.1, 0.15) is 41.7 Å². The Bertz CT molecular complexity index is 1180. The van der Waals surface area contributed by atoms with Crippen LogP contribution in [0.15, 0.2) is 64.4 Å². The van der Waals surface area contributed by atoms with Gasteiger partial charge in [0.2, 0.25) is 0 Å². The van der Waals surface area contributed by atoms with Gasteiger partial charge in [0.1, 0.15) is 16.4 Å². The first-order chi connectivity index (χ1) is 15.0. The van der Waals surface area contributed by atoms with Gasteiger partial charge >= 0.3 is 5.97 Å². The molecule has 1 unspecified atom stereocenters. The fourth-order valence-electron chi connectivity index (χ4n) is 3.16. The second kappa shape index (κ2) is 9.14. The summed E-state index contributed by atoms with van der Waals surface area (Å²) >= 11 is 1.36. The fourth-order valence-corrected chi connectivity index (χ4v) is 3.95. The molecule has 0 saturated carbocycles. The predicted molar refractivity (Wildman–Crippen MR) is 120 cm³/mol. The molecule has 0 spiro atoms. The molecule has 2 heterocycles. The van der Waals surface area contributed by atoms with Crippen molar-refractivity contribution < 1.29 is 18.7 Å². The highest BCUT2D eigenvalue weighted by Crippen LogP contribution is 2.25. The quantitative estimate of drug-likeness (QED) is 0.407. The van der Waals surface area contributed by atoms with E-state index in [0.29, 0.717) is 5.76 Å². The van der Waals surface area contributed by atoms with Gasteiger partial charge in [-0.3, -0.25) is 4.79 Å². The van der Waals surface area contributed by atoms with Crippen molar-refractivity contribution in [2.24, 2.45) is 0 Å². The second-order valence-electron chi connectivity index (χ2n) is 7.14. The van der Waals surface area contributed by atoms with Crippen LogP contribution in [-0.2, 0) is 16.0 Å². The van der Waals surface area contributed by atoms with Gasteiger partial charge in [0, 0.05) is 16.3 Å². The lowest BCUT2D eigenvalue weighted by molar-refractivity contribution is -0.125. The summed E-state index contributed by atoms with van der Waals surface area (Å²) in [5, 5.41) is 6.12. The molecule has 0 aliphatic carbocycles. The summed E-state index contributed by atoms with van der Waals surface area (Å²) in [5.41, 5.74) is 3.13. The molecular weight excluding hydrogens is 412 g/mol. The molecule has 0 saturated heterocycles. The highest BCUT2D eigenvalue weighted by atomic mass is 32.1. The minimum absolute atomic E-state index is 0.192. The third kappa shape index (κ3) is 4.83. The molecule has 0 fully saturated rings. The van der Waals surface area contributed by atoms with Crippen molar-refractivity contribution in [2.45, 2.75) is 26.3 Å². The summed E-state index contributed by atoms with van der Waals surface area (Å²) in [5.74, 6) is -0.398. The first-order valence-electron chi connectivity index (χ1n) is 10.0. The van der Waals surface area contributed by atoms with Gasteiger partial charge in [0.25, 0.3) is 5.91 Å². The van der Waals surface area contributed by atoms with E-state index in [9.17, 15) is 9.59 Å². The molecule has 7 heteroatoms. The standard InChI is InChI=1S/C24H22N2O4S/c1-3-16-8-10-17(11-9-16)23-26-19(14-31-23)24(28)29-13-22(27)25-15(2)21-12-18-6-4-5-7-20(18)30-21/h4-12,14-15H,3,13H2,1-2H3,(H,25,27). The molecule has 6 nitrogen and oxygen atoms in total. The van der Waals surface area contributed by atoms with Crippen LogP contribution < -0.4 is 5.32 Å². The Morgan fingerprint density at radius 2 is 1.94 bits per heavy atom. The SMILES string of the molecule is CCc1ccc(-c2nc(C(=O)OCC(=O)NC(C)c3cc4ccccc4o3)cs2)cc1. The number of esters is 1. The Morgan fingerprint density at radius 3 is 2.68 bits per heavy atom. The van der Waals surface area contributed by atoms with Gasteiger partial charge in [-0.2, -0.15) is 0 Å². The van der Waals surface area contributed by atoms with Crippen LogP contribution in [0.5, 0.6) is 0 Å². The maximum Gasteiger partial charge on any atom is 0.358 e. The zero-order chi connectivity index (χ0) is 21.8. The number of carbonyl (C=O) groups is 2. The van der Waals surface area contributed by atoms with Gasteiger partial charge in [-0.25, -0.2) is 9.78 Å². The minimum atomic E-state index is -0.626. The first-order valence-corrected chi connectivity index (χ1v) is 10.9. The van der Waals surface area contributed by atoms with E-state index in [2.05, 4.69) is 17.2 Å². The van der Waals surface area contributed by atoms with Crippen LogP contribution in [0, 0.1) is 0 Å². The Hall–Kier alpha value is -3.45. The van der Waals surface area contributed by atoms with E-state index in [1.54, 1.807) is 5.38 Å². The number of benzene rings is 2. The largest absolute Gasteiger partial charge is 0.459 e. The summed E-state index contributed by atoms with van der Waals surface area (Å²) < 4.78 is 10.9. The van der Waals surface area contributed by atoms with Crippen LogP contribution in [0.3, 0.4) is 0 Å². The number of nitrogens with one attached hydrogen (secondary N) is 1. The molecule has 2 aromatic carbocycles. The van der Waals surface area contributed by atoms with Crippen LogP contribution >= 0.6 is 11.3 Å². The highest BCUT2D eigenvalue weighted by molar-refractivity contribution is 7.13. The number of furan rings is 1. The predicted octanol–water partition coefficient (Wildman–Crippen LogP) is 5.15. The number of thiazole rings is 1. The van der Waals surface area contributed by atoms with Crippen LogP contribution in [-0.4, -0.2) is 23.5 Å². The van der Waals surface area contributed by atoms with E-state index in [0.717, 1.165) is 28.0 Å². The number of nitrogens with zero attached hydrogens (tertiary/aromatic N) is 1. The van der Waals surface area contributed by atoms with Gasteiger partial charge in [-0.15, -0.1) is 11.3 Å². The maximum absolute atomic E-state index is 12.3. The van der Waals surface area contributed by atoms with Crippen molar-refractivity contribution >= 4 is 34.2 Å². The molecule has 0 radical (unpaired) electrons. The fraction of sp³-hybridized carbons (Fsp3) is 0.208. The van der Waals surface area contributed by atoms with Crippen LogP contribution in [0.2, 0.25) is 0 Å². The number of aryl methyl sites for hydroxylation is 1. The third-order valence-corrected chi connectivity index (χ3v) is 5.80. The first kappa shape index (κ1) is 20.8. The molecule has 2 aromatic heterocycles. The number of amides is 1. The lowest BCUT2D eigenvalue weighted by atomic mass is 10.1.